The molecule has 0 saturated carbocycles. The monoisotopic (exact) mass is 366 g/mol. The Kier molecular flexibility index (Phi) is 4.11. The number of pyridine rings is 2. The van der Waals surface area contributed by atoms with Crippen molar-refractivity contribution < 1.29 is 0 Å². The van der Waals surface area contributed by atoms with Crippen molar-refractivity contribution in [1.29, 1.82) is 0 Å². The molecule has 0 radical (unpaired) electrons. The van der Waals surface area contributed by atoms with Gasteiger partial charge in [0.1, 0.15) is 10.8 Å². The maximum atomic E-state index is 6.20. The lowest BCUT2D eigenvalue weighted by atomic mass is 9.79. The van der Waals surface area contributed by atoms with Crippen molar-refractivity contribution in [2.75, 3.05) is 0 Å². The number of halogens is 1. The van der Waals surface area contributed by atoms with Crippen LogP contribution in [0.1, 0.15) is 45.0 Å². The zero-order chi connectivity index (χ0) is 18.5. The number of rotatable bonds is 3. The van der Waals surface area contributed by atoms with Crippen molar-refractivity contribution in [3.05, 3.63) is 53.1 Å². The van der Waals surface area contributed by atoms with E-state index in [4.69, 9.17) is 21.7 Å². The van der Waals surface area contributed by atoms with E-state index >= 15 is 0 Å². The van der Waals surface area contributed by atoms with Crippen LogP contribution in [0.3, 0.4) is 0 Å². The van der Waals surface area contributed by atoms with Gasteiger partial charge in [0.25, 0.3) is 0 Å². The molecular formula is C21H23ClN4. The van der Waals surface area contributed by atoms with E-state index in [2.05, 4.69) is 49.5 Å². The minimum atomic E-state index is 0.172. The molecule has 26 heavy (non-hydrogen) atoms. The topological polar surface area (TPSA) is 43.6 Å². The standard InChI is InChI=1S/C21H23ClN4/c1-5-15-7-6-8-16(24-15)19-18(14-9-10-23-17(22)11-14)20-13(2)21(3,4)12-26(20)25-19/h6-11,13H,5,12H2,1-4H3. The van der Waals surface area contributed by atoms with E-state index in [-0.39, 0.29) is 5.41 Å². The summed E-state index contributed by atoms with van der Waals surface area (Å²) in [5.74, 6) is 0.389. The number of aryl methyl sites for hydroxylation is 1. The van der Waals surface area contributed by atoms with Crippen LogP contribution in [0.2, 0.25) is 5.15 Å². The summed E-state index contributed by atoms with van der Waals surface area (Å²) in [6.07, 6.45) is 2.66. The van der Waals surface area contributed by atoms with Crippen LogP contribution < -0.4 is 0 Å². The van der Waals surface area contributed by atoms with Crippen molar-refractivity contribution >= 4 is 11.6 Å². The van der Waals surface area contributed by atoms with Crippen LogP contribution in [0.15, 0.2) is 36.5 Å². The van der Waals surface area contributed by atoms with Gasteiger partial charge in [-0.3, -0.25) is 9.67 Å². The number of fused-ring (bicyclic) bond motifs is 1. The maximum Gasteiger partial charge on any atom is 0.129 e. The summed E-state index contributed by atoms with van der Waals surface area (Å²) in [5, 5.41) is 5.47. The number of hydrogen-bond acceptors (Lipinski definition) is 3. The van der Waals surface area contributed by atoms with E-state index in [1.807, 2.05) is 18.2 Å². The Balaban J connectivity index is 1.98. The Morgan fingerprint density at radius 3 is 2.81 bits per heavy atom. The van der Waals surface area contributed by atoms with Crippen LogP contribution in [0.25, 0.3) is 22.5 Å². The molecule has 3 aromatic rings. The van der Waals surface area contributed by atoms with E-state index in [1.54, 1.807) is 6.20 Å². The molecule has 134 valence electrons. The highest BCUT2D eigenvalue weighted by molar-refractivity contribution is 6.29. The third kappa shape index (κ3) is 2.73. The number of hydrogen-bond donors (Lipinski definition) is 0. The van der Waals surface area contributed by atoms with Gasteiger partial charge < -0.3 is 0 Å². The molecule has 0 amide bonds. The van der Waals surface area contributed by atoms with Gasteiger partial charge in [-0.1, -0.05) is 45.4 Å². The Hall–Kier alpha value is -2.20. The summed E-state index contributed by atoms with van der Waals surface area (Å²) in [6, 6.07) is 10.1. The molecule has 0 saturated heterocycles. The second-order valence-corrected chi connectivity index (χ2v) is 8.10. The first-order valence-electron chi connectivity index (χ1n) is 9.09. The SMILES string of the molecule is CCc1cccc(-c2nn3c(c2-c2ccnc(Cl)c2)C(C)C(C)(C)C3)n1. The van der Waals surface area contributed by atoms with E-state index in [9.17, 15) is 0 Å². The molecule has 0 bridgehead atoms. The lowest BCUT2D eigenvalue weighted by Gasteiger charge is -2.23. The van der Waals surface area contributed by atoms with Crippen LogP contribution in [0.5, 0.6) is 0 Å². The van der Waals surface area contributed by atoms with Crippen molar-refractivity contribution in [3.63, 3.8) is 0 Å². The fourth-order valence-corrected chi connectivity index (χ4v) is 3.93. The van der Waals surface area contributed by atoms with Gasteiger partial charge >= 0.3 is 0 Å². The lowest BCUT2D eigenvalue weighted by molar-refractivity contribution is 0.301. The Morgan fingerprint density at radius 2 is 2.08 bits per heavy atom. The van der Waals surface area contributed by atoms with Crippen LogP contribution in [-0.4, -0.2) is 19.7 Å². The average Bonchev–Trinajstić information content (AvgIpc) is 3.08. The Bertz CT molecular complexity index is 974. The predicted molar refractivity (Wildman–Crippen MR) is 105 cm³/mol. The fraction of sp³-hybridized carbons (Fsp3) is 0.381. The summed E-state index contributed by atoms with van der Waals surface area (Å²) in [5.41, 5.74) is 6.53. The first-order chi connectivity index (χ1) is 12.4. The molecule has 1 unspecified atom stereocenters. The molecular weight excluding hydrogens is 344 g/mol. The average molecular weight is 367 g/mol. The number of nitrogens with zero attached hydrogens (tertiary/aromatic N) is 4. The minimum Gasteiger partial charge on any atom is -0.267 e. The molecule has 3 aromatic heterocycles. The third-order valence-corrected chi connectivity index (χ3v) is 5.76. The fourth-order valence-electron chi connectivity index (χ4n) is 3.76. The van der Waals surface area contributed by atoms with Crippen LogP contribution in [0.4, 0.5) is 0 Å². The Labute approximate surface area is 159 Å². The van der Waals surface area contributed by atoms with Crippen molar-refractivity contribution in [2.24, 2.45) is 5.41 Å². The van der Waals surface area contributed by atoms with Gasteiger partial charge in [-0.15, -0.1) is 0 Å². The second-order valence-electron chi connectivity index (χ2n) is 7.71. The van der Waals surface area contributed by atoms with Crippen molar-refractivity contribution in [2.45, 2.75) is 46.6 Å². The first kappa shape index (κ1) is 17.2. The van der Waals surface area contributed by atoms with Gasteiger partial charge in [0.15, 0.2) is 0 Å². The zero-order valence-corrected chi connectivity index (χ0v) is 16.4. The minimum absolute atomic E-state index is 0.172. The summed E-state index contributed by atoms with van der Waals surface area (Å²) >= 11 is 6.20. The molecule has 0 aliphatic carbocycles. The third-order valence-electron chi connectivity index (χ3n) is 5.56. The van der Waals surface area contributed by atoms with Crippen molar-refractivity contribution in [3.8, 4) is 22.5 Å². The summed E-state index contributed by atoms with van der Waals surface area (Å²) in [4.78, 5) is 8.96. The summed E-state index contributed by atoms with van der Waals surface area (Å²) < 4.78 is 2.16. The van der Waals surface area contributed by atoms with Gasteiger partial charge in [-0.05, 0) is 41.7 Å². The number of aromatic nitrogens is 4. The highest BCUT2D eigenvalue weighted by Crippen LogP contribution is 2.49. The van der Waals surface area contributed by atoms with E-state index < -0.39 is 0 Å². The summed E-state index contributed by atoms with van der Waals surface area (Å²) in [7, 11) is 0. The molecule has 4 heterocycles. The lowest BCUT2D eigenvalue weighted by Crippen LogP contribution is -2.17. The van der Waals surface area contributed by atoms with Crippen LogP contribution in [0, 0.1) is 5.41 Å². The molecule has 4 nitrogen and oxygen atoms in total. The maximum absolute atomic E-state index is 6.20. The van der Waals surface area contributed by atoms with Gasteiger partial charge in [-0.25, -0.2) is 4.98 Å². The zero-order valence-electron chi connectivity index (χ0n) is 15.6. The molecule has 0 N–H and O–H groups in total. The molecule has 1 aliphatic rings. The normalized spacial score (nSPS) is 18.1. The largest absolute Gasteiger partial charge is 0.267 e. The van der Waals surface area contributed by atoms with Gasteiger partial charge in [-0.2, -0.15) is 5.10 Å². The predicted octanol–water partition coefficient (Wildman–Crippen LogP) is 5.37. The molecule has 0 aromatic carbocycles. The molecule has 5 heteroatoms. The Morgan fingerprint density at radius 1 is 1.27 bits per heavy atom. The van der Waals surface area contributed by atoms with E-state index in [0.29, 0.717) is 11.1 Å². The van der Waals surface area contributed by atoms with E-state index in [1.165, 1.54) is 5.69 Å². The van der Waals surface area contributed by atoms with Crippen molar-refractivity contribution in [1.82, 2.24) is 19.7 Å². The highest BCUT2D eigenvalue weighted by Gasteiger charge is 2.40. The second kappa shape index (κ2) is 6.20. The molecule has 1 atom stereocenters. The molecule has 0 spiro atoms. The van der Waals surface area contributed by atoms with Crippen LogP contribution in [-0.2, 0) is 13.0 Å². The van der Waals surface area contributed by atoms with Crippen LogP contribution >= 0.6 is 11.6 Å². The van der Waals surface area contributed by atoms with Gasteiger partial charge in [0, 0.05) is 29.9 Å². The van der Waals surface area contributed by atoms with Gasteiger partial charge in [0.2, 0.25) is 0 Å². The van der Waals surface area contributed by atoms with E-state index in [0.717, 1.165) is 41.2 Å². The smallest absolute Gasteiger partial charge is 0.129 e. The molecule has 4 rings (SSSR count). The molecule has 1 aliphatic heterocycles. The summed E-state index contributed by atoms with van der Waals surface area (Å²) in [6.45, 7) is 9.90. The molecule has 0 fully saturated rings. The quantitative estimate of drug-likeness (QED) is 0.585. The van der Waals surface area contributed by atoms with Gasteiger partial charge in [0.05, 0.1) is 11.4 Å². The highest BCUT2D eigenvalue weighted by atomic mass is 35.5. The first-order valence-corrected chi connectivity index (χ1v) is 9.47.